The average Bonchev–Trinajstić information content (AvgIpc) is 3.34. The highest BCUT2D eigenvalue weighted by atomic mass is 32.1. The van der Waals surface area contributed by atoms with Crippen LogP contribution < -0.4 is 10.2 Å². The van der Waals surface area contributed by atoms with E-state index in [9.17, 15) is 4.79 Å². The minimum atomic E-state index is -0.0905. The summed E-state index contributed by atoms with van der Waals surface area (Å²) in [4.78, 5) is 29.1. The lowest BCUT2D eigenvalue weighted by Crippen LogP contribution is -2.21. The summed E-state index contributed by atoms with van der Waals surface area (Å²) in [5.41, 5.74) is 1.92. The van der Waals surface area contributed by atoms with Crippen molar-refractivity contribution < 1.29 is 4.79 Å². The van der Waals surface area contributed by atoms with Crippen LogP contribution in [-0.2, 0) is 6.54 Å². The number of nitrogens with zero attached hydrogens (tertiary/aromatic N) is 4. The first kappa shape index (κ1) is 17.1. The minimum Gasteiger partial charge on any atom is -0.354 e. The van der Waals surface area contributed by atoms with Gasteiger partial charge in [0.15, 0.2) is 5.13 Å². The fourth-order valence-corrected chi connectivity index (χ4v) is 5.11. The Morgan fingerprint density at radius 1 is 1.19 bits per heavy atom. The molecule has 0 spiro atoms. The lowest BCUT2D eigenvalue weighted by atomic mass is 10.2. The Balaban J connectivity index is 1.42. The molecule has 0 aromatic carbocycles. The summed E-state index contributed by atoms with van der Waals surface area (Å²) >= 11 is 4.54. The minimum absolute atomic E-state index is 0.0905. The second-order valence-electron chi connectivity index (χ2n) is 5.72. The van der Waals surface area contributed by atoms with E-state index in [-0.39, 0.29) is 5.91 Å². The van der Waals surface area contributed by atoms with Gasteiger partial charge in [-0.15, -0.1) is 22.7 Å². The molecule has 6 nitrogen and oxygen atoms in total. The van der Waals surface area contributed by atoms with Crippen LogP contribution in [0.3, 0.4) is 0 Å². The van der Waals surface area contributed by atoms with Gasteiger partial charge < -0.3 is 10.2 Å². The van der Waals surface area contributed by atoms with Crippen molar-refractivity contribution in [1.82, 2.24) is 20.3 Å². The fourth-order valence-electron chi connectivity index (χ4n) is 2.32. The number of thiophene rings is 1. The number of nitrogens with one attached hydrogen (secondary N) is 1. The number of fused-ring (bicyclic) bond motifs is 1. The number of thiazole rings is 2. The number of anilines is 1. The van der Waals surface area contributed by atoms with Gasteiger partial charge in [0.2, 0.25) is 0 Å². The molecule has 0 unspecified atom stereocenters. The van der Waals surface area contributed by atoms with Crippen LogP contribution in [0, 0.1) is 0 Å². The highest BCUT2D eigenvalue weighted by Gasteiger charge is 2.15. The van der Waals surface area contributed by atoms with Crippen molar-refractivity contribution >= 4 is 54.6 Å². The molecule has 0 aliphatic rings. The first-order valence-electron chi connectivity index (χ1n) is 7.81. The van der Waals surface area contributed by atoms with Crippen LogP contribution in [0.25, 0.3) is 20.8 Å². The van der Waals surface area contributed by atoms with E-state index in [1.807, 2.05) is 42.6 Å². The Morgan fingerprint density at radius 3 is 2.73 bits per heavy atom. The Labute approximate surface area is 162 Å². The number of hydrogen-bond donors (Lipinski definition) is 1. The summed E-state index contributed by atoms with van der Waals surface area (Å²) in [5.74, 6) is -0.0905. The molecule has 26 heavy (non-hydrogen) atoms. The molecule has 0 atom stereocenters. The molecule has 132 valence electrons. The van der Waals surface area contributed by atoms with Crippen LogP contribution >= 0.6 is 34.0 Å². The summed E-state index contributed by atoms with van der Waals surface area (Å²) in [6, 6.07) is 5.75. The van der Waals surface area contributed by atoms with E-state index in [1.165, 1.54) is 22.7 Å². The molecule has 0 radical (unpaired) electrons. The van der Waals surface area contributed by atoms with Crippen molar-refractivity contribution in [2.24, 2.45) is 0 Å². The van der Waals surface area contributed by atoms with E-state index in [4.69, 9.17) is 0 Å². The van der Waals surface area contributed by atoms with Crippen molar-refractivity contribution in [1.29, 1.82) is 0 Å². The van der Waals surface area contributed by atoms with Crippen LogP contribution in [-0.4, -0.2) is 35.0 Å². The fraction of sp³-hybridized carbons (Fsp3) is 0.176. The maximum Gasteiger partial charge on any atom is 0.261 e. The van der Waals surface area contributed by atoms with Gasteiger partial charge in [-0.1, -0.05) is 11.3 Å². The zero-order valence-electron chi connectivity index (χ0n) is 14.1. The van der Waals surface area contributed by atoms with E-state index in [0.29, 0.717) is 11.4 Å². The molecule has 4 heterocycles. The van der Waals surface area contributed by atoms with E-state index in [2.05, 4.69) is 20.3 Å². The molecule has 1 amide bonds. The molecule has 9 heteroatoms. The third kappa shape index (κ3) is 3.46. The smallest absolute Gasteiger partial charge is 0.261 e. The second-order valence-corrected chi connectivity index (χ2v) is 8.70. The van der Waals surface area contributed by atoms with Gasteiger partial charge in [-0.05, 0) is 18.2 Å². The van der Waals surface area contributed by atoms with Crippen molar-refractivity contribution in [3.8, 4) is 11.3 Å². The van der Waals surface area contributed by atoms with Crippen LogP contribution in [0.1, 0.15) is 14.7 Å². The van der Waals surface area contributed by atoms with E-state index in [1.54, 1.807) is 23.7 Å². The predicted octanol–water partition coefficient (Wildman–Crippen LogP) is 3.87. The molecule has 0 aliphatic carbocycles. The number of hydrogen-bond acceptors (Lipinski definition) is 8. The molecule has 4 aromatic heterocycles. The predicted molar refractivity (Wildman–Crippen MR) is 108 cm³/mol. The number of amides is 1. The summed E-state index contributed by atoms with van der Waals surface area (Å²) < 4.78 is 1.04. The van der Waals surface area contributed by atoms with Gasteiger partial charge in [-0.25, -0.2) is 9.97 Å². The van der Waals surface area contributed by atoms with Crippen LogP contribution in [0.2, 0.25) is 0 Å². The monoisotopic (exact) mass is 401 g/mol. The molecule has 4 aromatic rings. The van der Waals surface area contributed by atoms with E-state index in [0.717, 1.165) is 30.9 Å². The largest absolute Gasteiger partial charge is 0.354 e. The standard InChI is InChI=1S/C17H15N5OS3/c1-22(2)17-21-16-13(26-17)7-12(25-16)15(23)19-8-14-20-11(9-24-14)10-3-5-18-6-4-10/h3-7,9H,8H2,1-2H3,(H,19,23). The van der Waals surface area contributed by atoms with Crippen LogP contribution in [0.4, 0.5) is 5.13 Å². The van der Waals surface area contributed by atoms with Gasteiger partial charge >= 0.3 is 0 Å². The summed E-state index contributed by atoms with van der Waals surface area (Å²) in [7, 11) is 3.93. The molecule has 0 saturated heterocycles. The van der Waals surface area contributed by atoms with Crippen molar-refractivity contribution in [2.75, 3.05) is 19.0 Å². The molecule has 0 aliphatic heterocycles. The Morgan fingerprint density at radius 2 is 2.00 bits per heavy atom. The third-order valence-corrected chi connectivity index (χ3v) is 6.79. The molecular formula is C17H15N5OS3. The SMILES string of the molecule is CN(C)c1nc2sc(C(=O)NCc3nc(-c4ccncc4)cs3)cc2s1. The second kappa shape index (κ2) is 7.10. The van der Waals surface area contributed by atoms with Crippen molar-refractivity contribution in [3.05, 3.63) is 45.9 Å². The van der Waals surface area contributed by atoms with E-state index < -0.39 is 0 Å². The van der Waals surface area contributed by atoms with Gasteiger partial charge in [0.1, 0.15) is 9.84 Å². The molecular weight excluding hydrogens is 386 g/mol. The van der Waals surface area contributed by atoms with Crippen molar-refractivity contribution in [2.45, 2.75) is 6.54 Å². The van der Waals surface area contributed by atoms with Gasteiger partial charge in [-0.3, -0.25) is 9.78 Å². The highest BCUT2D eigenvalue weighted by Crippen LogP contribution is 2.33. The van der Waals surface area contributed by atoms with Gasteiger partial charge in [-0.2, -0.15) is 0 Å². The quantitative estimate of drug-likeness (QED) is 0.550. The summed E-state index contributed by atoms with van der Waals surface area (Å²) in [5, 5.41) is 6.75. The number of pyridine rings is 1. The first-order valence-corrected chi connectivity index (χ1v) is 10.3. The van der Waals surface area contributed by atoms with Crippen molar-refractivity contribution in [3.63, 3.8) is 0 Å². The van der Waals surface area contributed by atoms with E-state index >= 15 is 0 Å². The molecule has 0 saturated carbocycles. The maximum atomic E-state index is 12.4. The summed E-state index contributed by atoms with van der Waals surface area (Å²) in [6.07, 6.45) is 3.49. The number of carbonyl (C=O) groups excluding carboxylic acids is 1. The average molecular weight is 402 g/mol. The zero-order valence-corrected chi connectivity index (χ0v) is 16.5. The Kier molecular flexibility index (Phi) is 4.66. The molecule has 0 fully saturated rings. The molecule has 0 bridgehead atoms. The number of carbonyl (C=O) groups is 1. The third-order valence-electron chi connectivity index (χ3n) is 3.61. The zero-order chi connectivity index (χ0) is 18.1. The van der Waals surface area contributed by atoms with Crippen LogP contribution in [0.15, 0.2) is 36.0 Å². The van der Waals surface area contributed by atoms with Gasteiger partial charge in [0, 0.05) is 37.4 Å². The lowest BCUT2D eigenvalue weighted by molar-refractivity contribution is 0.0955. The molecule has 4 rings (SSSR count). The first-order chi connectivity index (χ1) is 12.6. The lowest BCUT2D eigenvalue weighted by Gasteiger charge is -2.05. The summed E-state index contributed by atoms with van der Waals surface area (Å²) in [6.45, 7) is 0.413. The normalized spacial score (nSPS) is 11.0. The highest BCUT2D eigenvalue weighted by molar-refractivity contribution is 7.29. The van der Waals surface area contributed by atoms with Gasteiger partial charge in [0.05, 0.1) is 21.8 Å². The Bertz CT molecular complexity index is 1020. The van der Waals surface area contributed by atoms with Gasteiger partial charge in [0.25, 0.3) is 5.91 Å². The molecule has 1 N–H and O–H groups in total. The topological polar surface area (TPSA) is 71.0 Å². The number of aromatic nitrogens is 3. The maximum absolute atomic E-state index is 12.4. The number of rotatable bonds is 5. The van der Waals surface area contributed by atoms with Crippen LogP contribution in [0.5, 0.6) is 0 Å². The Hall–Kier alpha value is -2.36.